The van der Waals surface area contributed by atoms with Gasteiger partial charge < -0.3 is 23.8 Å². The lowest BCUT2D eigenvalue weighted by molar-refractivity contribution is -0.145. The molecule has 0 aromatic rings. The van der Waals surface area contributed by atoms with E-state index in [4.69, 9.17) is 18.9 Å². The summed E-state index contributed by atoms with van der Waals surface area (Å²) in [6.45, 7) is 9.55. The molecular weight excluding hydrogens is 606 g/mol. The van der Waals surface area contributed by atoms with Gasteiger partial charge in [-0.2, -0.15) is 0 Å². The minimum atomic E-state index is -0.623. The highest BCUT2D eigenvalue weighted by molar-refractivity contribution is 5.69. The molecule has 48 heavy (non-hydrogen) atoms. The number of carbonyl (C=O) groups excluding carboxylic acids is 3. The highest BCUT2D eigenvalue weighted by atomic mass is 16.7. The van der Waals surface area contributed by atoms with Crippen LogP contribution in [0.2, 0.25) is 0 Å². The minimum Gasteiger partial charge on any atom is -0.466 e. The molecule has 0 bridgehead atoms. The summed E-state index contributed by atoms with van der Waals surface area (Å²) in [5, 5.41) is 0. The Balaban J connectivity index is 4.08. The van der Waals surface area contributed by atoms with E-state index >= 15 is 0 Å². The molecule has 0 aliphatic rings. The molecule has 0 spiro atoms. The normalized spacial score (nSPS) is 11.9. The van der Waals surface area contributed by atoms with Crippen LogP contribution in [0.1, 0.15) is 194 Å². The predicted molar refractivity (Wildman–Crippen MR) is 197 cm³/mol. The van der Waals surface area contributed by atoms with Crippen LogP contribution in [-0.4, -0.2) is 69.1 Å². The average Bonchev–Trinajstić information content (AvgIpc) is 3.07. The first-order valence-electron chi connectivity index (χ1n) is 20.3. The quantitative estimate of drug-likeness (QED) is 0.0366. The summed E-state index contributed by atoms with van der Waals surface area (Å²) in [6.07, 6.45) is 27.5. The Morgan fingerprint density at radius 1 is 0.479 bits per heavy atom. The van der Waals surface area contributed by atoms with Gasteiger partial charge in [0.25, 0.3) is 0 Å². The molecule has 0 saturated carbocycles. The monoisotopic (exact) mass is 684 g/mol. The Hall–Kier alpha value is -1.83. The number of hydrogen-bond acceptors (Lipinski definition) is 8. The van der Waals surface area contributed by atoms with E-state index in [9.17, 15) is 14.4 Å². The fourth-order valence-corrected chi connectivity index (χ4v) is 5.70. The predicted octanol–water partition coefficient (Wildman–Crippen LogP) is 11.1. The van der Waals surface area contributed by atoms with Gasteiger partial charge in [0.05, 0.1) is 19.8 Å². The van der Waals surface area contributed by atoms with Crippen molar-refractivity contribution in [2.24, 2.45) is 0 Å². The van der Waals surface area contributed by atoms with Crippen LogP contribution in [0.3, 0.4) is 0 Å². The summed E-state index contributed by atoms with van der Waals surface area (Å²) in [5.41, 5.74) is 0. The number of esters is 2. The second kappa shape index (κ2) is 36.5. The molecule has 1 atom stereocenters. The standard InChI is InChI=1S/C40H77NO7/c1-5-8-10-12-14-15-16-17-20-24-29-37(48-40(44)47-35-28-33-41(4)7-3)32-36-46-39(43)31-26-22-19-18-21-25-30-38(42)45-34-27-23-13-11-9-6-2/h37H,5-36H2,1-4H3. The fourth-order valence-electron chi connectivity index (χ4n) is 5.70. The summed E-state index contributed by atoms with van der Waals surface area (Å²) < 4.78 is 21.8. The van der Waals surface area contributed by atoms with Crippen LogP contribution < -0.4 is 0 Å². The lowest BCUT2D eigenvalue weighted by Crippen LogP contribution is -2.23. The zero-order chi connectivity index (χ0) is 35.3. The van der Waals surface area contributed by atoms with Crippen LogP contribution in [0.15, 0.2) is 0 Å². The van der Waals surface area contributed by atoms with Gasteiger partial charge in [0.2, 0.25) is 0 Å². The number of hydrogen-bond donors (Lipinski definition) is 0. The van der Waals surface area contributed by atoms with Crippen molar-refractivity contribution in [1.82, 2.24) is 4.90 Å². The van der Waals surface area contributed by atoms with Gasteiger partial charge in [0.15, 0.2) is 0 Å². The molecule has 284 valence electrons. The molecular formula is C40H77NO7. The lowest BCUT2D eigenvalue weighted by Gasteiger charge is -2.18. The molecule has 0 rings (SSSR count). The van der Waals surface area contributed by atoms with Gasteiger partial charge in [-0.3, -0.25) is 9.59 Å². The van der Waals surface area contributed by atoms with Crippen molar-refractivity contribution in [2.45, 2.75) is 200 Å². The van der Waals surface area contributed by atoms with Crippen LogP contribution in [0, 0.1) is 0 Å². The molecule has 0 N–H and O–H groups in total. The van der Waals surface area contributed by atoms with E-state index in [0.717, 1.165) is 90.1 Å². The zero-order valence-electron chi connectivity index (χ0n) is 32.0. The van der Waals surface area contributed by atoms with Crippen molar-refractivity contribution in [3.05, 3.63) is 0 Å². The molecule has 0 aromatic carbocycles. The van der Waals surface area contributed by atoms with Crippen molar-refractivity contribution in [3.63, 3.8) is 0 Å². The second-order valence-corrected chi connectivity index (χ2v) is 13.7. The highest BCUT2D eigenvalue weighted by Gasteiger charge is 2.17. The number of carbonyl (C=O) groups is 3. The number of unbranched alkanes of at least 4 members (excludes halogenated alkanes) is 19. The van der Waals surface area contributed by atoms with Gasteiger partial charge in [-0.05, 0) is 52.1 Å². The maximum Gasteiger partial charge on any atom is 0.508 e. The number of rotatable bonds is 36. The second-order valence-electron chi connectivity index (χ2n) is 13.7. The Morgan fingerprint density at radius 2 is 0.917 bits per heavy atom. The van der Waals surface area contributed by atoms with E-state index in [1.165, 1.54) is 77.0 Å². The summed E-state index contributed by atoms with van der Waals surface area (Å²) in [5.74, 6) is -0.266. The van der Waals surface area contributed by atoms with Gasteiger partial charge in [-0.1, -0.05) is 136 Å². The zero-order valence-corrected chi connectivity index (χ0v) is 32.0. The van der Waals surface area contributed by atoms with Crippen molar-refractivity contribution in [3.8, 4) is 0 Å². The topological polar surface area (TPSA) is 91.4 Å². The molecule has 0 aliphatic carbocycles. The number of nitrogens with zero attached hydrogens (tertiary/aromatic N) is 1. The third-order valence-corrected chi connectivity index (χ3v) is 9.06. The molecule has 8 nitrogen and oxygen atoms in total. The highest BCUT2D eigenvalue weighted by Crippen LogP contribution is 2.16. The third-order valence-electron chi connectivity index (χ3n) is 9.06. The van der Waals surface area contributed by atoms with Gasteiger partial charge in [0.1, 0.15) is 6.10 Å². The van der Waals surface area contributed by atoms with Crippen LogP contribution in [0.4, 0.5) is 4.79 Å². The van der Waals surface area contributed by atoms with Crippen molar-refractivity contribution in [1.29, 1.82) is 0 Å². The van der Waals surface area contributed by atoms with Gasteiger partial charge >= 0.3 is 18.1 Å². The van der Waals surface area contributed by atoms with E-state index in [0.29, 0.717) is 32.5 Å². The van der Waals surface area contributed by atoms with Crippen molar-refractivity contribution < 1.29 is 33.3 Å². The largest absolute Gasteiger partial charge is 0.508 e. The Labute approximate surface area is 296 Å². The van der Waals surface area contributed by atoms with Crippen molar-refractivity contribution >= 4 is 18.1 Å². The maximum absolute atomic E-state index is 12.4. The van der Waals surface area contributed by atoms with Crippen LogP contribution in [0.25, 0.3) is 0 Å². The van der Waals surface area contributed by atoms with Crippen molar-refractivity contribution in [2.75, 3.05) is 40.0 Å². The Bertz CT molecular complexity index is 732. The van der Waals surface area contributed by atoms with Gasteiger partial charge in [0, 0.05) is 25.8 Å². The summed E-state index contributed by atoms with van der Waals surface area (Å²) in [4.78, 5) is 38.7. The first kappa shape index (κ1) is 46.2. The molecule has 0 heterocycles. The van der Waals surface area contributed by atoms with Crippen LogP contribution >= 0.6 is 0 Å². The molecule has 0 aromatic heterocycles. The third kappa shape index (κ3) is 34.0. The summed E-state index contributed by atoms with van der Waals surface area (Å²) in [6, 6.07) is 0. The van der Waals surface area contributed by atoms with Crippen LogP contribution in [0.5, 0.6) is 0 Å². The van der Waals surface area contributed by atoms with E-state index in [1.807, 2.05) is 7.05 Å². The first-order chi connectivity index (χ1) is 23.4. The van der Waals surface area contributed by atoms with Gasteiger partial charge in [-0.15, -0.1) is 0 Å². The molecule has 0 saturated heterocycles. The molecule has 0 amide bonds. The molecule has 8 heteroatoms. The Morgan fingerprint density at radius 3 is 1.44 bits per heavy atom. The summed E-state index contributed by atoms with van der Waals surface area (Å²) in [7, 11) is 2.04. The average molecular weight is 684 g/mol. The molecule has 0 radical (unpaired) electrons. The SMILES string of the molecule is CCCCCCCCCCCCC(CCOC(=O)CCCCCCCCC(=O)OCCCCCCCC)OC(=O)OCCCN(C)CC. The van der Waals surface area contributed by atoms with E-state index in [-0.39, 0.29) is 24.6 Å². The van der Waals surface area contributed by atoms with Gasteiger partial charge in [-0.25, -0.2) is 4.79 Å². The molecule has 1 unspecified atom stereocenters. The lowest BCUT2D eigenvalue weighted by atomic mass is 10.0. The Kier molecular flexibility index (Phi) is 35.1. The summed E-state index contributed by atoms with van der Waals surface area (Å²) >= 11 is 0. The molecule has 0 fully saturated rings. The fraction of sp³-hybridized carbons (Fsp3) is 0.925. The first-order valence-corrected chi connectivity index (χ1v) is 20.3. The maximum atomic E-state index is 12.4. The van der Waals surface area contributed by atoms with Crippen LogP contribution in [-0.2, 0) is 28.5 Å². The minimum absolute atomic E-state index is 0.0743. The smallest absolute Gasteiger partial charge is 0.466 e. The number of ether oxygens (including phenoxy) is 4. The van der Waals surface area contributed by atoms with E-state index in [1.54, 1.807) is 0 Å². The molecule has 0 aliphatic heterocycles. The van der Waals surface area contributed by atoms with E-state index < -0.39 is 6.16 Å². The van der Waals surface area contributed by atoms with E-state index in [2.05, 4.69) is 25.7 Å².